The maximum atomic E-state index is 10.9. The number of guanidine groups is 1. The third kappa shape index (κ3) is 7.79. The van der Waals surface area contributed by atoms with Crippen LogP contribution >= 0.6 is 0 Å². The number of hydrogen-bond acceptors (Lipinski definition) is 5. The number of allylic oxidation sites excluding steroid dienone is 1. The zero-order valence-corrected chi connectivity index (χ0v) is 20.0. The summed E-state index contributed by atoms with van der Waals surface area (Å²) in [6, 6.07) is 20.1. The van der Waals surface area contributed by atoms with Crippen LogP contribution in [0.4, 0.5) is 5.69 Å². The van der Waals surface area contributed by atoms with Crippen molar-refractivity contribution in [2.45, 2.75) is 38.3 Å². The van der Waals surface area contributed by atoms with Crippen LogP contribution in [0, 0.1) is 11.5 Å². The number of nitrogens with zero attached hydrogens (tertiary/aromatic N) is 3. The maximum Gasteiger partial charge on any atom is 0.303 e. The lowest BCUT2D eigenvalue weighted by Crippen LogP contribution is -2.29. The average molecular weight is 484 g/mol. The van der Waals surface area contributed by atoms with E-state index in [0.29, 0.717) is 18.5 Å². The van der Waals surface area contributed by atoms with Crippen LogP contribution in [-0.2, 0) is 4.79 Å². The molecule has 3 rings (SSSR count). The Bertz CT molecular complexity index is 1240. The molecule has 2 atom stereocenters. The summed E-state index contributed by atoms with van der Waals surface area (Å²) in [5.74, 6) is -0.605. The third-order valence-corrected chi connectivity index (χ3v) is 5.46. The topological polar surface area (TPSA) is 131 Å². The zero-order valence-electron chi connectivity index (χ0n) is 20.0. The van der Waals surface area contributed by atoms with Crippen LogP contribution in [0.15, 0.2) is 90.2 Å². The van der Waals surface area contributed by atoms with Gasteiger partial charge in [-0.3, -0.25) is 15.1 Å². The van der Waals surface area contributed by atoms with Gasteiger partial charge in [-0.2, -0.15) is 5.26 Å². The Balaban J connectivity index is 1.84. The monoisotopic (exact) mass is 483 g/mol. The van der Waals surface area contributed by atoms with E-state index in [0.717, 1.165) is 22.3 Å². The number of pyridine rings is 1. The van der Waals surface area contributed by atoms with Crippen molar-refractivity contribution in [2.75, 3.05) is 5.32 Å². The Morgan fingerprint density at radius 2 is 1.92 bits per heavy atom. The number of carbonyl (C=O) groups is 1. The largest absolute Gasteiger partial charge is 0.481 e. The fourth-order valence-corrected chi connectivity index (χ4v) is 3.68. The van der Waals surface area contributed by atoms with Crippen LogP contribution in [0.25, 0.3) is 5.57 Å². The summed E-state index contributed by atoms with van der Waals surface area (Å²) in [5.41, 5.74) is 4.17. The number of carboxylic acids is 1. The molecule has 0 aliphatic carbocycles. The zero-order chi connectivity index (χ0) is 25.8. The summed E-state index contributed by atoms with van der Waals surface area (Å²) >= 11 is 0. The van der Waals surface area contributed by atoms with Crippen LogP contribution in [0.2, 0.25) is 0 Å². The molecule has 184 valence electrons. The molecule has 1 heterocycles. The first-order valence-corrected chi connectivity index (χ1v) is 11.6. The highest BCUT2D eigenvalue weighted by molar-refractivity contribution is 5.95. The van der Waals surface area contributed by atoms with Crippen LogP contribution in [0.3, 0.4) is 0 Å². The fourth-order valence-electron chi connectivity index (χ4n) is 3.68. The Labute approximate surface area is 210 Å². The van der Waals surface area contributed by atoms with Crippen LogP contribution in [-0.4, -0.2) is 33.2 Å². The van der Waals surface area contributed by atoms with Crippen molar-refractivity contribution in [3.05, 3.63) is 102 Å². The first-order chi connectivity index (χ1) is 17.5. The molecule has 0 aliphatic rings. The number of carboxylic acid groups (broad SMARTS) is 1. The maximum absolute atomic E-state index is 10.9. The van der Waals surface area contributed by atoms with Gasteiger partial charge < -0.3 is 15.5 Å². The predicted molar refractivity (Wildman–Crippen MR) is 140 cm³/mol. The molecule has 0 fully saturated rings. The molecule has 8 heteroatoms. The molecule has 0 radical (unpaired) electrons. The highest BCUT2D eigenvalue weighted by Gasteiger charge is 2.16. The highest BCUT2D eigenvalue weighted by atomic mass is 16.4. The molecule has 0 bridgehead atoms. The van der Waals surface area contributed by atoms with Gasteiger partial charge in [-0.1, -0.05) is 54.6 Å². The van der Waals surface area contributed by atoms with Crippen molar-refractivity contribution in [3.63, 3.8) is 0 Å². The van der Waals surface area contributed by atoms with E-state index in [4.69, 9.17) is 5.11 Å². The number of aliphatic imine (C=N–C) groups is 1. The minimum Gasteiger partial charge on any atom is -0.481 e. The van der Waals surface area contributed by atoms with Gasteiger partial charge in [-0.25, -0.2) is 4.99 Å². The number of anilines is 1. The number of nitrogens with one attached hydrogen (secondary N) is 2. The van der Waals surface area contributed by atoms with Gasteiger partial charge >= 0.3 is 5.97 Å². The number of aliphatic hydroxyl groups excluding tert-OH is 1. The van der Waals surface area contributed by atoms with Crippen molar-refractivity contribution in [2.24, 2.45) is 4.99 Å². The van der Waals surface area contributed by atoms with E-state index in [1.807, 2.05) is 79.0 Å². The Kier molecular flexibility index (Phi) is 9.74. The van der Waals surface area contributed by atoms with E-state index in [9.17, 15) is 15.2 Å². The smallest absolute Gasteiger partial charge is 0.303 e. The van der Waals surface area contributed by atoms with Gasteiger partial charge in [0.25, 0.3) is 0 Å². The van der Waals surface area contributed by atoms with Gasteiger partial charge in [-0.05, 0) is 54.7 Å². The second-order valence-corrected chi connectivity index (χ2v) is 8.16. The quantitative estimate of drug-likeness (QED) is 0.108. The molecule has 0 amide bonds. The standard InChI is InChI=1S/C28H29N5O3/c1-20(27(36)21-9-3-2-4-10-21)32-28(31-19-29)33-24-13-7-11-22(17-24)25(14-5-6-15-26(34)35)23-12-8-16-30-18-23/h2-4,7-14,16-18,20,27,36H,5-6,15H2,1H3,(H,34,35)(H2,31,32,33)/b25-14+. The molecule has 4 N–H and O–H groups in total. The number of aliphatic hydroxyl groups is 1. The number of benzene rings is 2. The molecule has 0 aliphatic heterocycles. The molecule has 2 unspecified atom stereocenters. The number of aromatic nitrogens is 1. The minimum atomic E-state index is -0.833. The summed E-state index contributed by atoms with van der Waals surface area (Å²) in [6.07, 6.45) is 7.77. The van der Waals surface area contributed by atoms with Crippen LogP contribution in [0.1, 0.15) is 49.0 Å². The fraction of sp³-hybridized carbons (Fsp3) is 0.214. The van der Waals surface area contributed by atoms with E-state index in [1.165, 1.54) is 0 Å². The summed E-state index contributed by atoms with van der Waals surface area (Å²) < 4.78 is 0. The highest BCUT2D eigenvalue weighted by Crippen LogP contribution is 2.26. The molecule has 2 aromatic carbocycles. The first kappa shape index (κ1) is 26.1. The lowest BCUT2D eigenvalue weighted by Gasteiger charge is -2.18. The lowest BCUT2D eigenvalue weighted by molar-refractivity contribution is -0.137. The molecule has 0 saturated carbocycles. The predicted octanol–water partition coefficient (Wildman–Crippen LogP) is 4.73. The van der Waals surface area contributed by atoms with Gasteiger partial charge in [0.1, 0.15) is 6.10 Å². The normalized spacial score (nSPS) is 13.4. The number of hydrogen-bond donors (Lipinski definition) is 4. The molecular formula is C28H29N5O3. The number of nitriles is 1. The van der Waals surface area contributed by atoms with Crippen molar-refractivity contribution >= 4 is 23.2 Å². The summed E-state index contributed by atoms with van der Waals surface area (Å²) in [5, 5.41) is 34.5. The summed E-state index contributed by atoms with van der Waals surface area (Å²) in [4.78, 5) is 19.6. The number of rotatable bonds is 10. The molecule has 1 aromatic heterocycles. The first-order valence-electron chi connectivity index (χ1n) is 11.6. The lowest BCUT2D eigenvalue weighted by atomic mass is 9.97. The Morgan fingerprint density at radius 3 is 2.61 bits per heavy atom. The van der Waals surface area contributed by atoms with Crippen molar-refractivity contribution in [1.82, 2.24) is 10.3 Å². The van der Waals surface area contributed by atoms with E-state index < -0.39 is 18.1 Å². The molecule has 0 spiro atoms. The van der Waals surface area contributed by atoms with Gasteiger partial charge in [0.05, 0.1) is 6.04 Å². The minimum absolute atomic E-state index is 0.102. The van der Waals surface area contributed by atoms with Gasteiger partial charge in [0.15, 0.2) is 6.19 Å². The van der Waals surface area contributed by atoms with Gasteiger partial charge in [0, 0.05) is 30.1 Å². The molecule has 3 aromatic rings. The van der Waals surface area contributed by atoms with Gasteiger partial charge in [-0.15, -0.1) is 0 Å². The van der Waals surface area contributed by atoms with E-state index in [-0.39, 0.29) is 12.4 Å². The summed E-state index contributed by atoms with van der Waals surface area (Å²) in [7, 11) is 0. The third-order valence-electron chi connectivity index (χ3n) is 5.46. The van der Waals surface area contributed by atoms with Crippen molar-refractivity contribution in [1.29, 1.82) is 5.26 Å². The van der Waals surface area contributed by atoms with Crippen LogP contribution in [0.5, 0.6) is 0 Å². The van der Waals surface area contributed by atoms with Crippen LogP contribution < -0.4 is 10.6 Å². The van der Waals surface area contributed by atoms with E-state index >= 15 is 0 Å². The number of aliphatic carboxylic acids is 1. The number of unbranched alkanes of at least 4 members (excludes halogenated alkanes) is 1. The van der Waals surface area contributed by atoms with Crippen molar-refractivity contribution < 1.29 is 15.0 Å². The Hall–Kier alpha value is -4.48. The molecule has 36 heavy (non-hydrogen) atoms. The summed E-state index contributed by atoms with van der Waals surface area (Å²) in [6.45, 7) is 1.77. The molecule has 0 saturated heterocycles. The molecule has 8 nitrogen and oxygen atoms in total. The second-order valence-electron chi connectivity index (χ2n) is 8.16. The van der Waals surface area contributed by atoms with E-state index in [1.54, 1.807) is 19.3 Å². The van der Waals surface area contributed by atoms with Gasteiger partial charge in [0.2, 0.25) is 5.96 Å². The molecular weight excluding hydrogens is 454 g/mol. The van der Waals surface area contributed by atoms with E-state index in [2.05, 4.69) is 20.6 Å². The van der Waals surface area contributed by atoms with Crippen molar-refractivity contribution in [3.8, 4) is 6.19 Å². The SMILES string of the molecule is CC(N=C(NC#N)Nc1cccc(/C(=C\CCCC(=O)O)c2cccnc2)c1)C(O)c1ccccc1. The average Bonchev–Trinajstić information content (AvgIpc) is 2.89. The Morgan fingerprint density at radius 1 is 1.14 bits per heavy atom. The second kappa shape index (κ2) is 13.4.